The summed E-state index contributed by atoms with van der Waals surface area (Å²) in [5, 5.41) is 17.1. The molecule has 0 bridgehead atoms. The molecule has 0 spiro atoms. The first kappa shape index (κ1) is 18.7. The van der Waals surface area contributed by atoms with Gasteiger partial charge in [0, 0.05) is 11.4 Å². The van der Waals surface area contributed by atoms with Crippen LogP contribution in [0.25, 0.3) is 0 Å². The molecule has 0 fully saturated rings. The minimum absolute atomic E-state index is 0.295. The van der Waals surface area contributed by atoms with E-state index in [0.717, 1.165) is 12.1 Å². The lowest BCUT2D eigenvalue weighted by atomic mass is 9.94. The number of carbonyl (C=O) groups is 1. The number of rotatable bonds is 3. The van der Waals surface area contributed by atoms with Crippen LogP contribution in [0.1, 0.15) is 24.1 Å². The van der Waals surface area contributed by atoms with Gasteiger partial charge in [0.2, 0.25) is 5.95 Å². The van der Waals surface area contributed by atoms with Gasteiger partial charge in [0.25, 0.3) is 5.91 Å². The van der Waals surface area contributed by atoms with Crippen molar-refractivity contribution in [1.82, 2.24) is 20.2 Å². The number of halogens is 3. The number of hydrogen-bond acceptors (Lipinski definition) is 5. The van der Waals surface area contributed by atoms with Crippen molar-refractivity contribution in [2.75, 3.05) is 10.6 Å². The molecule has 0 radical (unpaired) electrons. The predicted molar refractivity (Wildman–Crippen MR) is 98.8 cm³/mol. The van der Waals surface area contributed by atoms with E-state index in [2.05, 4.69) is 26.2 Å². The molecule has 29 heavy (non-hydrogen) atoms. The van der Waals surface area contributed by atoms with Gasteiger partial charge in [-0.2, -0.15) is 17.9 Å². The number of para-hydroxylation sites is 1. The number of hydrogen-bond donors (Lipinski definition) is 2. The van der Waals surface area contributed by atoms with Crippen molar-refractivity contribution in [2.24, 2.45) is 0 Å². The van der Waals surface area contributed by atoms with Crippen molar-refractivity contribution in [3.63, 3.8) is 0 Å². The summed E-state index contributed by atoms with van der Waals surface area (Å²) in [7, 11) is 0. The van der Waals surface area contributed by atoms with Gasteiger partial charge in [0.15, 0.2) is 0 Å². The van der Waals surface area contributed by atoms with Crippen LogP contribution in [-0.2, 0) is 11.0 Å². The minimum Gasteiger partial charge on any atom is -0.326 e. The summed E-state index contributed by atoms with van der Waals surface area (Å²) in [6.07, 6.45) is -4.45. The van der Waals surface area contributed by atoms with Crippen LogP contribution in [0.5, 0.6) is 0 Å². The number of amides is 1. The smallest absolute Gasteiger partial charge is 0.326 e. The highest BCUT2D eigenvalue weighted by Crippen LogP contribution is 2.36. The van der Waals surface area contributed by atoms with E-state index in [-0.39, 0.29) is 0 Å². The van der Waals surface area contributed by atoms with Crippen LogP contribution in [0.15, 0.2) is 65.9 Å². The molecule has 10 heteroatoms. The number of alkyl halides is 3. The number of nitrogens with zero attached hydrogens (tertiary/aromatic N) is 4. The molecule has 0 aliphatic carbocycles. The summed E-state index contributed by atoms with van der Waals surface area (Å²) in [5.41, 5.74) is 1.07. The Hall–Kier alpha value is -3.69. The lowest BCUT2D eigenvalue weighted by molar-refractivity contribution is -0.137. The number of fused-ring (bicyclic) bond motifs is 1. The molecular formula is C19H15F3N6O. The molecule has 2 aromatic carbocycles. The second-order valence-electron chi connectivity index (χ2n) is 6.45. The van der Waals surface area contributed by atoms with E-state index in [0.29, 0.717) is 28.5 Å². The Labute approximate surface area is 163 Å². The van der Waals surface area contributed by atoms with Gasteiger partial charge in [-0.3, -0.25) is 4.79 Å². The van der Waals surface area contributed by atoms with Gasteiger partial charge in [-0.1, -0.05) is 35.4 Å². The average Bonchev–Trinajstić information content (AvgIpc) is 3.15. The minimum atomic E-state index is -4.45. The topological polar surface area (TPSA) is 84.7 Å². The summed E-state index contributed by atoms with van der Waals surface area (Å²) in [4.78, 5) is 13.0. The molecule has 4 rings (SSSR count). The molecule has 1 aliphatic rings. The third-order valence-corrected chi connectivity index (χ3v) is 4.54. The Kier molecular flexibility index (Phi) is 4.53. The van der Waals surface area contributed by atoms with E-state index in [1.165, 1.54) is 16.8 Å². The normalized spacial score (nSPS) is 16.2. The van der Waals surface area contributed by atoms with E-state index in [1.807, 2.05) is 6.07 Å². The number of benzene rings is 2. The van der Waals surface area contributed by atoms with Crippen LogP contribution in [0, 0.1) is 0 Å². The number of anilines is 2. The Bertz CT molecular complexity index is 1070. The molecular weight excluding hydrogens is 385 g/mol. The van der Waals surface area contributed by atoms with Crippen molar-refractivity contribution in [2.45, 2.75) is 19.1 Å². The van der Waals surface area contributed by atoms with Crippen molar-refractivity contribution < 1.29 is 18.0 Å². The Morgan fingerprint density at radius 1 is 1.10 bits per heavy atom. The van der Waals surface area contributed by atoms with Crippen LogP contribution in [0.3, 0.4) is 0 Å². The maximum Gasteiger partial charge on any atom is 0.416 e. The number of allylic oxidation sites excluding steroid dienone is 1. The zero-order valence-electron chi connectivity index (χ0n) is 15.1. The lowest BCUT2D eigenvalue weighted by Crippen LogP contribution is -2.31. The number of nitrogens with one attached hydrogen (secondary N) is 2. The molecule has 1 aliphatic heterocycles. The van der Waals surface area contributed by atoms with Gasteiger partial charge >= 0.3 is 6.18 Å². The van der Waals surface area contributed by atoms with Crippen molar-refractivity contribution in [3.8, 4) is 0 Å². The highest BCUT2D eigenvalue weighted by atomic mass is 19.4. The van der Waals surface area contributed by atoms with Crippen LogP contribution >= 0.6 is 0 Å². The summed E-state index contributed by atoms with van der Waals surface area (Å²) in [6.45, 7) is 1.69. The number of aromatic nitrogens is 4. The molecule has 2 heterocycles. The van der Waals surface area contributed by atoms with E-state index < -0.39 is 23.7 Å². The first-order chi connectivity index (χ1) is 13.8. The van der Waals surface area contributed by atoms with Gasteiger partial charge in [-0.25, -0.2) is 0 Å². The molecule has 1 atom stereocenters. The molecule has 148 valence electrons. The zero-order chi connectivity index (χ0) is 20.6. The Morgan fingerprint density at radius 3 is 2.45 bits per heavy atom. The summed E-state index contributed by atoms with van der Waals surface area (Å²) in [5.74, 6) is -0.115. The van der Waals surface area contributed by atoms with Gasteiger partial charge in [0.1, 0.15) is 6.04 Å². The van der Waals surface area contributed by atoms with Gasteiger partial charge in [0.05, 0.1) is 11.1 Å². The maximum atomic E-state index is 13.0. The highest BCUT2D eigenvalue weighted by molar-refractivity contribution is 6.05. The maximum absolute atomic E-state index is 13.0. The van der Waals surface area contributed by atoms with Crippen molar-refractivity contribution in [3.05, 3.63) is 77.0 Å². The second kappa shape index (κ2) is 7.04. The second-order valence-corrected chi connectivity index (χ2v) is 6.45. The molecule has 1 amide bonds. The summed E-state index contributed by atoms with van der Waals surface area (Å²) < 4.78 is 40.2. The van der Waals surface area contributed by atoms with E-state index in [9.17, 15) is 18.0 Å². The first-order valence-electron chi connectivity index (χ1n) is 8.64. The van der Waals surface area contributed by atoms with E-state index in [4.69, 9.17) is 0 Å². The zero-order valence-corrected chi connectivity index (χ0v) is 15.1. The predicted octanol–water partition coefficient (Wildman–Crippen LogP) is 3.62. The highest BCUT2D eigenvalue weighted by Gasteiger charge is 2.35. The summed E-state index contributed by atoms with van der Waals surface area (Å²) >= 11 is 0. The SMILES string of the molecule is CC1=C(C(=O)Nc2ccccc2)[C@@H](c2ccc(C(F)(F)F)cc2)n2nnnc2N1. The molecule has 7 nitrogen and oxygen atoms in total. The fourth-order valence-electron chi connectivity index (χ4n) is 3.19. The molecule has 1 aromatic heterocycles. The fraction of sp³-hybridized carbons (Fsp3) is 0.158. The summed E-state index contributed by atoms with van der Waals surface area (Å²) in [6, 6.07) is 12.7. The van der Waals surface area contributed by atoms with E-state index >= 15 is 0 Å². The van der Waals surface area contributed by atoms with E-state index in [1.54, 1.807) is 31.2 Å². The fourth-order valence-corrected chi connectivity index (χ4v) is 3.19. The van der Waals surface area contributed by atoms with Crippen molar-refractivity contribution in [1.29, 1.82) is 0 Å². The largest absolute Gasteiger partial charge is 0.416 e. The monoisotopic (exact) mass is 400 g/mol. The van der Waals surface area contributed by atoms with Crippen molar-refractivity contribution >= 4 is 17.5 Å². The van der Waals surface area contributed by atoms with Gasteiger partial charge in [-0.15, -0.1) is 0 Å². The molecule has 0 unspecified atom stereocenters. The van der Waals surface area contributed by atoms with Crippen LogP contribution in [0.2, 0.25) is 0 Å². The molecule has 0 saturated carbocycles. The Balaban J connectivity index is 1.75. The average molecular weight is 400 g/mol. The quantitative estimate of drug-likeness (QED) is 0.702. The first-order valence-corrected chi connectivity index (χ1v) is 8.64. The number of carbonyl (C=O) groups excluding carboxylic acids is 1. The van der Waals surface area contributed by atoms with Crippen LogP contribution < -0.4 is 10.6 Å². The van der Waals surface area contributed by atoms with Gasteiger partial charge < -0.3 is 10.6 Å². The molecule has 3 aromatic rings. The van der Waals surface area contributed by atoms with Crippen LogP contribution in [0.4, 0.5) is 24.8 Å². The van der Waals surface area contributed by atoms with Crippen LogP contribution in [-0.4, -0.2) is 26.1 Å². The standard InChI is InChI=1S/C19H15F3N6O/c1-11-15(17(29)24-14-5-3-2-4-6-14)16(28-18(23-11)25-26-27-28)12-7-9-13(10-8-12)19(20,21)22/h2-10,16H,1H3,(H,24,29)(H,23,25,27)/t16-/m1/s1. The number of tetrazole rings is 1. The third kappa shape index (κ3) is 3.56. The lowest BCUT2D eigenvalue weighted by Gasteiger charge is -2.28. The molecule has 2 N–H and O–H groups in total. The molecule has 0 saturated heterocycles. The van der Waals surface area contributed by atoms with Gasteiger partial charge in [-0.05, 0) is 47.2 Å². The Morgan fingerprint density at radius 2 is 1.79 bits per heavy atom. The third-order valence-electron chi connectivity index (χ3n) is 4.54.